The Hall–Kier alpha value is -0.770. The molecule has 0 saturated heterocycles. The largest absolute Gasteiger partial charge is 0.443 e. The molecule has 1 atom stereocenters. The van der Waals surface area contributed by atoms with E-state index in [0.717, 1.165) is 17.9 Å². The van der Waals surface area contributed by atoms with Crippen molar-refractivity contribution in [1.82, 2.24) is 5.01 Å². The van der Waals surface area contributed by atoms with Crippen LogP contribution in [0.15, 0.2) is 0 Å². The molecule has 4 heteroatoms. The van der Waals surface area contributed by atoms with E-state index >= 15 is 0 Å². The Bertz CT molecular complexity index is 199. The molecule has 4 nitrogen and oxygen atoms in total. The summed E-state index contributed by atoms with van der Waals surface area (Å²) in [5, 5.41) is 1.15. The van der Waals surface area contributed by atoms with Gasteiger partial charge in [-0.05, 0) is 33.1 Å². The molecule has 1 unspecified atom stereocenters. The summed E-state index contributed by atoms with van der Waals surface area (Å²) >= 11 is 0. The van der Waals surface area contributed by atoms with Crippen molar-refractivity contribution in [3.63, 3.8) is 0 Å². The minimum atomic E-state index is -0.481. The van der Waals surface area contributed by atoms with Gasteiger partial charge in [0, 0.05) is 6.54 Å². The van der Waals surface area contributed by atoms with Crippen LogP contribution >= 0.6 is 0 Å². The highest BCUT2D eigenvalue weighted by molar-refractivity contribution is 5.67. The van der Waals surface area contributed by atoms with Crippen LogP contribution in [0.4, 0.5) is 4.79 Å². The number of hydrazine groups is 1. The molecular formula is C11H24N2O2. The van der Waals surface area contributed by atoms with Gasteiger partial charge in [0.05, 0.1) is 0 Å². The summed E-state index contributed by atoms with van der Waals surface area (Å²) in [5.41, 5.74) is -0.481. The van der Waals surface area contributed by atoms with E-state index in [2.05, 4.69) is 13.8 Å². The van der Waals surface area contributed by atoms with Gasteiger partial charge in [-0.1, -0.05) is 20.3 Å². The smallest absolute Gasteiger partial charge is 0.424 e. The summed E-state index contributed by atoms with van der Waals surface area (Å²) in [6.07, 6.45) is 1.56. The van der Waals surface area contributed by atoms with Crippen LogP contribution in [0.25, 0.3) is 0 Å². The zero-order chi connectivity index (χ0) is 12.1. The third-order valence-electron chi connectivity index (χ3n) is 2.19. The maximum atomic E-state index is 11.4. The van der Waals surface area contributed by atoms with E-state index in [1.54, 1.807) is 0 Å². The lowest BCUT2D eigenvalue weighted by Crippen LogP contribution is -2.42. The van der Waals surface area contributed by atoms with Crippen molar-refractivity contribution >= 4 is 6.09 Å². The van der Waals surface area contributed by atoms with E-state index in [9.17, 15) is 4.79 Å². The first-order chi connectivity index (χ1) is 6.76. The Morgan fingerprint density at radius 1 is 1.47 bits per heavy atom. The zero-order valence-corrected chi connectivity index (χ0v) is 10.5. The first kappa shape index (κ1) is 14.2. The van der Waals surface area contributed by atoms with E-state index < -0.39 is 11.7 Å². The third-order valence-corrected chi connectivity index (χ3v) is 2.19. The molecule has 15 heavy (non-hydrogen) atoms. The molecule has 0 saturated carbocycles. The normalized spacial score (nSPS) is 13.5. The first-order valence-corrected chi connectivity index (χ1v) is 5.51. The summed E-state index contributed by atoms with van der Waals surface area (Å²) in [5.74, 6) is 6.17. The molecular weight excluding hydrogens is 192 g/mol. The molecule has 2 N–H and O–H groups in total. The number of nitrogens with two attached hydrogens (primary N) is 1. The van der Waals surface area contributed by atoms with Crippen LogP contribution in [0.1, 0.15) is 47.5 Å². The van der Waals surface area contributed by atoms with Crippen LogP contribution < -0.4 is 5.84 Å². The monoisotopic (exact) mass is 216 g/mol. The summed E-state index contributed by atoms with van der Waals surface area (Å²) in [6.45, 7) is 10.3. The van der Waals surface area contributed by atoms with Gasteiger partial charge in [-0.25, -0.2) is 15.6 Å². The number of carbonyl (C=O) groups excluding carboxylic acids is 1. The fraction of sp³-hybridized carbons (Fsp3) is 0.909. The van der Waals surface area contributed by atoms with Gasteiger partial charge in [0.1, 0.15) is 5.60 Å². The number of carbonyl (C=O) groups is 1. The molecule has 1 amide bonds. The fourth-order valence-corrected chi connectivity index (χ4v) is 0.975. The maximum Gasteiger partial charge on any atom is 0.424 e. The van der Waals surface area contributed by atoms with Crippen LogP contribution in [0.2, 0.25) is 0 Å². The number of ether oxygens (including phenoxy) is 1. The Morgan fingerprint density at radius 3 is 2.40 bits per heavy atom. The molecule has 0 radical (unpaired) electrons. The Kier molecular flexibility index (Phi) is 5.65. The summed E-state index contributed by atoms with van der Waals surface area (Å²) in [4.78, 5) is 11.4. The molecule has 0 bridgehead atoms. The molecule has 90 valence electrons. The van der Waals surface area contributed by atoms with Crippen molar-refractivity contribution in [2.75, 3.05) is 6.54 Å². The van der Waals surface area contributed by atoms with E-state index in [-0.39, 0.29) is 0 Å². The molecule has 0 aromatic carbocycles. The standard InChI is InChI=1S/C11H24N2O2/c1-6-9(2)7-8-13(12)10(14)15-11(3,4)5/h9H,6-8,12H2,1-5H3. The third kappa shape index (κ3) is 7.19. The van der Waals surface area contributed by atoms with Gasteiger partial charge in [-0.15, -0.1) is 0 Å². The highest BCUT2D eigenvalue weighted by atomic mass is 16.6. The quantitative estimate of drug-likeness (QED) is 0.446. The molecule has 0 aliphatic rings. The number of rotatable bonds is 4. The minimum absolute atomic E-state index is 0.453. The SMILES string of the molecule is CCC(C)CCN(N)C(=O)OC(C)(C)C. The predicted octanol–water partition coefficient (Wildman–Crippen LogP) is 2.53. The second kappa shape index (κ2) is 5.95. The maximum absolute atomic E-state index is 11.4. The highest BCUT2D eigenvalue weighted by Gasteiger charge is 2.19. The second-order valence-corrected chi connectivity index (χ2v) is 4.98. The molecule has 0 spiro atoms. The highest BCUT2D eigenvalue weighted by Crippen LogP contribution is 2.10. The molecule has 0 aliphatic carbocycles. The predicted molar refractivity (Wildman–Crippen MR) is 61.2 cm³/mol. The van der Waals surface area contributed by atoms with Crippen molar-refractivity contribution in [2.24, 2.45) is 11.8 Å². The van der Waals surface area contributed by atoms with Crippen LogP contribution in [-0.4, -0.2) is 23.2 Å². The van der Waals surface area contributed by atoms with Crippen LogP contribution in [0.5, 0.6) is 0 Å². The van der Waals surface area contributed by atoms with E-state index in [1.165, 1.54) is 0 Å². The molecule has 0 aromatic heterocycles. The average Bonchev–Trinajstić information content (AvgIpc) is 2.10. The van der Waals surface area contributed by atoms with Crippen molar-refractivity contribution in [3.8, 4) is 0 Å². The van der Waals surface area contributed by atoms with Gasteiger partial charge in [0.25, 0.3) is 0 Å². The van der Waals surface area contributed by atoms with Gasteiger partial charge < -0.3 is 4.74 Å². The first-order valence-electron chi connectivity index (χ1n) is 5.51. The van der Waals surface area contributed by atoms with Crippen molar-refractivity contribution in [3.05, 3.63) is 0 Å². The molecule has 0 fully saturated rings. The number of amides is 1. The molecule has 0 heterocycles. The fourth-order valence-electron chi connectivity index (χ4n) is 0.975. The van der Waals surface area contributed by atoms with Gasteiger partial charge in [0.2, 0.25) is 0 Å². The lowest BCUT2D eigenvalue weighted by molar-refractivity contribution is 0.0239. The van der Waals surface area contributed by atoms with Crippen LogP contribution in [-0.2, 0) is 4.74 Å². The van der Waals surface area contributed by atoms with Gasteiger partial charge in [-0.3, -0.25) is 0 Å². The van der Waals surface area contributed by atoms with Gasteiger partial charge in [0.15, 0.2) is 0 Å². The molecule has 0 aromatic rings. The Labute approximate surface area is 92.7 Å². The number of hydrogen-bond acceptors (Lipinski definition) is 3. The topological polar surface area (TPSA) is 55.6 Å². The van der Waals surface area contributed by atoms with Crippen molar-refractivity contribution in [2.45, 2.75) is 53.1 Å². The van der Waals surface area contributed by atoms with Gasteiger partial charge >= 0.3 is 6.09 Å². The summed E-state index contributed by atoms with van der Waals surface area (Å²) in [6, 6.07) is 0. The Balaban J connectivity index is 3.90. The average molecular weight is 216 g/mol. The minimum Gasteiger partial charge on any atom is -0.443 e. The van der Waals surface area contributed by atoms with Crippen molar-refractivity contribution < 1.29 is 9.53 Å². The van der Waals surface area contributed by atoms with Crippen LogP contribution in [0, 0.1) is 5.92 Å². The van der Waals surface area contributed by atoms with Crippen LogP contribution in [0.3, 0.4) is 0 Å². The molecule has 0 rings (SSSR count). The van der Waals surface area contributed by atoms with Crippen molar-refractivity contribution in [1.29, 1.82) is 0 Å². The zero-order valence-electron chi connectivity index (χ0n) is 10.5. The summed E-state index contributed by atoms with van der Waals surface area (Å²) in [7, 11) is 0. The van der Waals surface area contributed by atoms with E-state index in [0.29, 0.717) is 12.5 Å². The van der Waals surface area contributed by atoms with Gasteiger partial charge in [-0.2, -0.15) is 0 Å². The second-order valence-electron chi connectivity index (χ2n) is 4.98. The lowest BCUT2D eigenvalue weighted by Gasteiger charge is -2.24. The molecule has 0 aliphatic heterocycles. The Morgan fingerprint density at radius 2 is 2.00 bits per heavy atom. The van der Waals surface area contributed by atoms with E-state index in [4.69, 9.17) is 10.6 Å². The lowest BCUT2D eigenvalue weighted by atomic mass is 10.1. The van der Waals surface area contributed by atoms with E-state index in [1.807, 2.05) is 20.8 Å². The summed E-state index contributed by atoms with van der Waals surface area (Å²) < 4.78 is 5.13. The number of nitrogens with zero attached hydrogens (tertiary/aromatic N) is 1. The number of hydrogen-bond donors (Lipinski definition) is 1.